The van der Waals surface area contributed by atoms with Gasteiger partial charge in [0.2, 0.25) is 0 Å². The molecule has 5 nitrogen and oxygen atoms in total. The van der Waals surface area contributed by atoms with E-state index in [1.54, 1.807) is 31.4 Å². The van der Waals surface area contributed by atoms with Gasteiger partial charge in [0, 0.05) is 18.8 Å². The third kappa shape index (κ3) is 5.93. The molecule has 2 aromatic carbocycles. The topological polar surface area (TPSA) is 59.6 Å². The van der Waals surface area contributed by atoms with Crippen LogP contribution >= 0.6 is 0 Å². The maximum Gasteiger partial charge on any atom is 0.319 e. The minimum Gasteiger partial charge on any atom is -0.497 e. The van der Waals surface area contributed by atoms with Crippen molar-refractivity contribution in [3.05, 3.63) is 60.2 Å². The highest BCUT2D eigenvalue weighted by atomic mass is 16.5. The number of ether oxygens (including phenoxy) is 2. The maximum atomic E-state index is 11.8. The lowest BCUT2D eigenvalue weighted by atomic mass is 10.1. The van der Waals surface area contributed by atoms with Crippen LogP contribution in [0.15, 0.2) is 54.6 Å². The van der Waals surface area contributed by atoms with E-state index in [-0.39, 0.29) is 12.1 Å². The standard InChI is InChI=1S/C19H24N2O3/c1-15(16-7-4-3-5-8-16)24-14-6-13-20-19(22)21-17-9-11-18(23-2)12-10-17/h3-5,7-12,15H,6,13-14H2,1-2H3,(H2,20,21,22). The number of methoxy groups -OCH3 is 1. The summed E-state index contributed by atoms with van der Waals surface area (Å²) in [4.78, 5) is 11.8. The van der Waals surface area contributed by atoms with Crippen LogP contribution < -0.4 is 15.4 Å². The highest BCUT2D eigenvalue weighted by Crippen LogP contribution is 2.16. The molecule has 0 radical (unpaired) electrons. The smallest absolute Gasteiger partial charge is 0.319 e. The lowest BCUT2D eigenvalue weighted by Gasteiger charge is -2.13. The largest absolute Gasteiger partial charge is 0.497 e. The fourth-order valence-corrected chi connectivity index (χ4v) is 2.20. The number of rotatable bonds is 8. The number of anilines is 1. The molecule has 2 N–H and O–H groups in total. The van der Waals surface area contributed by atoms with Gasteiger partial charge >= 0.3 is 6.03 Å². The van der Waals surface area contributed by atoms with E-state index >= 15 is 0 Å². The van der Waals surface area contributed by atoms with E-state index in [1.165, 1.54) is 0 Å². The Morgan fingerprint density at radius 1 is 1.08 bits per heavy atom. The molecule has 1 unspecified atom stereocenters. The zero-order valence-corrected chi connectivity index (χ0v) is 14.1. The van der Waals surface area contributed by atoms with E-state index in [2.05, 4.69) is 10.6 Å². The molecule has 0 heterocycles. The van der Waals surface area contributed by atoms with Gasteiger partial charge in [0.05, 0.1) is 13.2 Å². The number of nitrogens with one attached hydrogen (secondary N) is 2. The molecule has 0 aliphatic heterocycles. The van der Waals surface area contributed by atoms with Crippen LogP contribution in [-0.4, -0.2) is 26.3 Å². The van der Waals surface area contributed by atoms with E-state index in [0.717, 1.165) is 23.4 Å². The van der Waals surface area contributed by atoms with E-state index in [4.69, 9.17) is 9.47 Å². The molecule has 2 rings (SSSR count). The van der Waals surface area contributed by atoms with Gasteiger partial charge in [-0.25, -0.2) is 4.79 Å². The highest BCUT2D eigenvalue weighted by Gasteiger charge is 2.05. The molecular formula is C19H24N2O3. The summed E-state index contributed by atoms with van der Waals surface area (Å²) in [6.45, 7) is 3.18. The molecule has 0 fully saturated rings. The molecule has 0 saturated carbocycles. The number of carbonyl (C=O) groups is 1. The third-order valence-electron chi connectivity index (χ3n) is 3.59. The molecule has 0 saturated heterocycles. The second-order valence-corrected chi connectivity index (χ2v) is 5.39. The van der Waals surface area contributed by atoms with Crippen LogP contribution in [0.25, 0.3) is 0 Å². The Morgan fingerprint density at radius 2 is 1.79 bits per heavy atom. The Bertz CT molecular complexity index is 614. The SMILES string of the molecule is COc1ccc(NC(=O)NCCCOC(C)c2ccccc2)cc1. The van der Waals surface area contributed by atoms with Crippen molar-refractivity contribution in [2.45, 2.75) is 19.4 Å². The van der Waals surface area contributed by atoms with E-state index in [0.29, 0.717) is 13.2 Å². The summed E-state index contributed by atoms with van der Waals surface area (Å²) in [5.41, 5.74) is 1.88. The van der Waals surface area contributed by atoms with Crippen LogP contribution in [-0.2, 0) is 4.74 Å². The van der Waals surface area contributed by atoms with Crippen LogP contribution in [0, 0.1) is 0 Å². The fraction of sp³-hybridized carbons (Fsp3) is 0.316. The molecule has 1 atom stereocenters. The van der Waals surface area contributed by atoms with Gasteiger partial charge in [-0.2, -0.15) is 0 Å². The maximum absolute atomic E-state index is 11.8. The Kier molecular flexibility index (Phi) is 7.11. The molecule has 128 valence electrons. The molecule has 0 aromatic heterocycles. The lowest BCUT2D eigenvalue weighted by Crippen LogP contribution is -2.30. The Hall–Kier alpha value is -2.53. The second kappa shape index (κ2) is 9.57. The van der Waals surface area contributed by atoms with Gasteiger partial charge in [0.1, 0.15) is 5.75 Å². The number of carbonyl (C=O) groups excluding carboxylic acids is 1. The number of hydrogen-bond donors (Lipinski definition) is 2. The van der Waals surface area contributed by atoms with Crippen LogP contribution in [0.3, 0.4) is 0 Å². The van der Waals surface area contributed by atoms with Crippen molar-refractivity contribution < 1.29 is 14.3 Å². The minimum absolute atomic E-state index is 0.0549. The van der Waals surface area contributed by atoms with Crippen molar-refractivity contribution in [3.63, 3.8) is 0 Å². The number of benzene rings is 2. The molecule has 2 amide bonds. The molecule has 0 aliphatic carbocycles. The van der Waals surface area contributed by atoms with E-state index < -0.39 is 0 Å². The molecule has 24 heavy (non-hydrogen) atoms. The van der Waals surface area contributed by atoms with Gasteiger partial charge < -0.3 is 20.1 Å². The molecular weight excluding hydrogens is 304 g/mol. The number of hydrogen-bond acceptors (Lipinski definition) is 3. The summed E-state index contributed by atoms with van der Waals surface area (Å²) in [5.74, 6) is 0.755. The van der Waals surface area contributed by atoms with Gasteiger partial charge in [0.25, 0.3) is 0 Å². The van der Waals surface area contributed by atoms with Crippen molar-refractivity contribution in [2.75, 3.05) is 25.6 Å². The first-order chi connectivity index (χ1) is 11.7. The zero-order valence-electron chi connectivity index (χ0n) is 14.1. The zero-order chi connectivity index (χ0) is 17.2. The van der Waals surface area contributed by atoms with Gasteiger partial charge in [-0.05, 0) is 43.2 Å². The van der Waals surface area contributed by atoms with Crippen molar-refractivity contribution >= 4 is 11.7 Å². The van der Waals surface area contributed by atoms with Crippen LogP contribution in [0.2, 0.25) is 0 Å². The molecule has 5 heteroatoms. The summed E-state index contributed by atoms with van der Waals surface area (Å²) in [6, 6.07) is 17.0. The summed E-state index contributed by atoms with van der Waals surface area (Å²) in [5, 5.41) is 5.58. The molecule has 2 aromatic rings. The predicted molar refractivity (Wildman–Crippen MR) is 95.4 cm³/mol. The van der Waals surface area contributed by atoms with Gasteiger partial charge in [-0.3, -0.25) is 0 Å². The van der Waals surface area contributed by atoms with Crippen molar-refractivity contribution in [2.24, 2.45) is 0 Å². The highest BCUT2D eigenvalue weighted by molar-refractivity contribution is 5.89. The van der Waals surface area contributed by atoms with Crippen molar-refractivity contribution in [1.82, 2.24) is 5.32 Å². The van der Waals surface area contributed by atoms with Gasteiger partial charge in [0.15, 0.2) is 0 Å². The van der Waals surface area contributed by atoms with Crippen molar-refractivity contribution in [1.29, 1.82) is 0 Å². The van der Waals surface area contributed by atoms with E-state index in [9.17, 15) is 4.79 Å². The Balaban J connectivity index is 1.60. The third-order valence-corrected chi connectivity index (χ3v) is 3.59. The normalized spacial score (nSPS) is 11.6. The quantitative estimate of drug-likeness (QED) is 0.721. The monoisotopic (exact) mass is 328 g/mol. The summed E-state index contributed by atoms with van der Waals surface area (Å²) in [7, 11) is 1.61. The predicted octanol–water partition coefficient (Wildman–Crippen LogP) is 3.98. The van der Waals surface area contributed by atoms with Crippen LogP contribution in [0.5, 0.6) is 5.75 Å². The minimum atomic E-state index is -0.226. The first-order valence-electron chi connectivity index (χ1n) is 8.04. The summed E-state index contributed by atoms with van der Waals surface area (Å²) >= 11 is 0. The van der Waals surface area contributed by atoms with Crippen molar-refractivity contribution in [3.8, 4) is 5.75 Å². The summed E-state index contributed by atoms with van der Waals surface area (Å²) in [6.07, 6.45) is 0.812. The average Bonchev–Trinajstić information content (AvgIpc) is 2.62. The van der Waals surface area contributed by atoms with Crippen LogP contribution in [0.4, 0.5) is 10.5 Å². The van der Waals surface area contributed by atoms with Gasteiger partial charge in [-0.15, -0.1) is 0 Å². The fourth-order valence-electron chi connectivity index (χ4n) is 2.20. The Morgan fingerprint density at radius 3 is 2.46 bits per heavy atom. The summed E-state index contributed by atoms with van der Waals surface area (Å²) < 4.78 is 10.8. The number of urea groups is 1. The number of amides is 2. The average molecular weight is 328 g/mol. The van der Waals surface area contributed by atoms with Gasteiger partial charge in [-0.1, -0.05) is 30.3 Å². The molecule has 0 spiro atoms. The molecule has 0 aliphatic rings. The molecule has 0 bridgehead atoms. The Labute approximate surface area is 143 Å². The lowest BCUT2D eigenvalue weighted by molar-refractivity contribution is 0.0644. The first-order valence-corrected chi connectivity index (χ1v) is 8.04. The first kappa shape index (κ1) is 17.8. The van der Waals surface area contributed by atoms with E-state index in [1.807, 2.05) is 37.3 Å². The second-order valence-electron chi connectivity index (χ2n) is 5.39. The van der Waals surface area contributed by atoms with Crippen LogP contribution in [0.1, 0.15) is 25.0 Å².